The molecule has 0 radical (unpaired) electrons. The summed E-state index contributed by atoms with van der Waals surface area (Å²) in [6.45, 7) is 1.71. The van der Waals surface area contributed by atoms with Crippen LogP contribution in [0.15, 0.2) is 36.4 Å². The van der Waals surface area contributed by atoms with Gasteiger partial charge in [-0.1, -0.05) is 29.8 Å². The smallest absolute Gasteiger partial charge is 0.206 e. The maximum absolute atomic E-state index is 14.1. The van der Waals surface area contributed by atoms with Gasteiger partial charge in [-0.05, 0) is 30.7 Å². The minimum atomic E-state index is -1.01. The van der Waals surface area contributed by atoms with Gasteiger partial charge in [0.1, 0.15) is 11.6 Å². The summed E-state index contributed by atoms with van der Waals surface area (Å²) < 4.78 is 42.4. The highest BCUT2D eigenvalue weighted by Crippen LogP contribution is 2.27. The van der Waals surface area contributed by atoms with Crippen molar-refractivity contribution in [3.05, 3.63) is 64.7 Å². The molecule has 0 saturated carbocycles. The largest absolute Gasteiger partial charge is 0.312 e. The Morgan fingerprint density at radius 2 is 1.64 bits per heavy atom. The van der Waals surface area contributed by atoms with E-state index < -0.39 is 23.3 Å². The van der Waals surface area contributed by atoms with Crippen LogP contribution in [0.25, 0.3) is 17.1 Å². The van der Waals surface area contributed by atoms with Gasteiger partial charge in [0.25, 0.3) is 0 Å². The zero-order valence-electron chi connectivity index (χ0n) is 11.3. The fourth-order valence-corrected chi connectivity index (χ4v) is 2.45. The number of nitrogens with zero attached hydrogens (tertiary/aromatic N) is 3. The third-order valence-electron chi connectivity index (χ3n) is 3.15. The summed E-state index contributed by atoms with van der Waals surface area (Å²) >= 11 is 6.05. The molecule has 3 rings (SSSR count). The molecule has 0 saturated heterocycles. The first-order chi connectivity index (χ1) is 10.5. The number of aryl methyl sites for hydroxylation is 1. The third-order valence-corrected chi connectivity index (χ3v) is 3.46. The van der Waals surface area contributed by atoms with Crippen molar-refractivity contribution in [2.75, 3.05) is 0 Å². The van der Waals surface area contributed by atoms with Gasteiger partial charge in [-0.2, -0.15) is 14.1 Å². The maximum Gasteiger partial charge on any atom is 0.312 e. The van der Waals surface area contributed by atoms with Crippen LogP contribution in [0, 0.1) is 24.6 Å². The van der Waals surface area contributed by atoms with Crippen LogP contribution in [0.5, 0.6) is 0 Å². The van der Waals surface area contributed by atoms with E-state index in [1.54, 1.807) is 25.1 Å². The molecule has 0 spiro atoms. The molecule has 112 valence electrons. The Kier molecular flexibility index (Phi) is 3.62. The van der Waals surface area contributed by atoms with Gasteiger partial charge in [-0.3, -0.25) is 0 Å². The molecule has 0 aliphatic carbocycles. The minimum Gasteiger partial charge on any atom is -0.206 e. The zero-order chi connectivity index (χ0) is 15.9. The van der Waals surface area contributed by atoms with Crippen LogP contribution in [0.4, 0.5) is 13.2 Å². The van der Waals surface area contributed by atoms with Gasteiger partial charge in [0.05, 0.1) is 16.3 Å². The predicted molar refractivity (Wildman–Crippen MR) is 76.4 cm³/mol. The topological polar surface area (TPSA) is 30.7 Å². The van der Waals surface area contributed by atoms with Gasteiger partial charge >= 0.3 is 6.08 Å². The van der Waals surface area contributed by atoms with Crippen molar-refractivity contribution in [3.8, 4) is 17.1 Å². The number of benzene rings is 2. The lowest BCUT2D eigenvalue weighted by atomic mass is 10.2. The summed E-state index contributed by atoms with van der Waals surface area (Å²) in [5.74, 6) is -2.12. The molecule has 0 aliphatic heterocycles. The number of halogens is 4. The molecule has 1 aromatic heterocycles. The van der Waals surface area contributed by atoms with Gasteiger partial charge in [0, 0.05) is 0 Å². The van der Waals surface area contributed by atoms with Crippen LogP contribution in [0.3, 0.4) is 0 Å². The molecule has 0 fully saturated rings. The highest BCUT2D eigenvalue weighted by Gasteiger charge is 2.21. The van der Waals surface area contributed by atoms with Crippen LogP contribution >= 0.6 is 11.6 Å². The minimum absolute atomic E-state index is 0.254. The van der Waals surface area contributed by atoms with E-state index in [1.165, 1.54) is 6.07 Å². The second kappa shape index (κ2) is 5.46. The van der Waals surface area contributed by atoms with Crippen molar-refractivity contribution < 1.29 is 13.2 Å². The van der Waals surface area contributed by atoms with Crippen molar-refractivity contribution in [2.24, 2.45) is 0 Å². The van der Waals surface area contributed by atoms with E-state index >= 15 is 0 Å². The molecule has 0 N–H and O–H groups in total. The lowest BCUT2D eigenvalue weighted by molar-refractivity contribution is 0.506. The first kappa shape index (κ1) is 14.6. The first-order valence-electron chi connectivity index (χ1n) is 6.31. The van der Waals surface area contributed by atoms with Crippen molar-refractivity contribution >= 4 is 11.6 Å². The number of hydrogen-bond acceptors (Lipinski definition) is 2. The Morgan fingerprint density at radius 1 is 1.00 bits per heavy atom. The Labute approximate surface area is 129 Å². The summed E-state index contributed by atoms with van der Waals surface area (Å²) in [6, 6.07) is 8.29. The Bertz CT molecular complexity index is 821. The highest BCUT2D eigenvalue weighted by molar-refractivity contribution is 6.32. The average molecular weight is 324 g/mol. The number of hydrogen-bond donors (Lipinski definition) is 0. The average Bonchev–Trinajstić information content (AvgIpc) is 2.80. The van der Waals surface area contributed by atoms with E-state index in [4.69, 9.17) is 11.6 Å². The number of rotatable bonds is 2. The Balaban J connectivity index is 2.21. The number of aromatic nitrogens is 3. The standard InChI is InChI=1S/C15H9ClF3N3/c1-8-4-2-5-9(16)13(8)22-15(19)20-14(21-22)12-10(17)6-3-7-11(12)18/h2-7H,1H3. The van der Waals surface area contributed by atoms with Crippen molar-refractivity contribution in [1.82, 2.24) is 14.8 Å². The van der Waals surface area contributed by atoms with E-state index in [0.717, 1.165) is 16.8 Å². The van der Waals surface area contributed by atoms with Gasteiger partial charge in [-0.15, -0.1) is 5.10 Å². The predicted octanol–water partition coefficient (Wildman–Crippen LogP) is 4.31. The van der Waals surface area contributed by atoms with Crippen LogP contribution in [-0.4, -0.2) is 14.8 Å². The van der Waals surface area contributed by atoms with Gasteiger partial charge < -0.3 is 0 Å². The van der Waals surface area contributed by atoms with Crippen LogP contribution in [-0.2, 0) is 0 Å². The monoisotopic (exact) mass is 323 g/mol. The SMILES string of the molecule is Cc1cccc(Cl)c1-n1nc(-c2c(F)cccc2F)nc1F. The fourth-order valence-electron chi connectivity index (χ4n) is 2.14. The molecular formula is C15H9ClF3N3. The summed E-state index contributed by atoms with van der Waals surface area (Å²) in [6.07, 6.45) is -1.01. The van der Waals surface area contributed by atoms with Crippen LogP contribution < -0.4 is 0 Å². The quantitative estimate of drug-likeness (QED) is 0.703. The van der Waals surface area contributed by atoms with Crippen molar-refractivity contribution in [2.45, 2.75) is 6.92 Å². The second-order valence-corrected chi connectivity index (χ2v) is 5.03. The summed E-state index contributed by atoms with van der Waals surface area (Å²) in [7, 11) is 0. The molecule has 1 heterocycles. The molecule has 0 amide bonds. The molecular weight excluding hydrogens is 315 g/mol. The molecule has 0 aliphatic rings. The van der Waals surface area contributed by atoms with Gasteiger partial charge in [-0.25, -0.2) is 8.78 Å². The van der Waals surface area contributed by atoms with Gasteiger partial charge in [0.15, 0.2) is 5.82 Å². The van der Waals surface area contributed by atoms with E-state index in [9.17, 15) is 13.2 Å². The third kappa shape index (κ3) is 2.35. The van der Waals surface area contributed by atoms with Crippen molar-refractivity contribution in [1.29, 1.82) is 0 Å². The second-order valence-electron chi connectivity index (χ2n) is 4.62. The molecule has 0 bridgehead atoms. The molecule has 3 nitrogen and oxygen atoms in total. The molecule has 0 atom stereocenters. The van der Waals surface area contributed by atoms with Crippen LogP contribution in [0.1, 0.15) is 5.56 Å². The van der Waals surface area contributed by atoms with E-state index in [-0.39, 0.29) is 16.5 Å². The molecule has 7 heteroatoms. The van der Waals surface area contributed by atoms with Crippen molar-refractivity contribution in [3.63, 3.8) is 0 Å². The first-order valence-corrected chi connectivity index (χ1v) is 6.69. The Morgan fingerprint density at radius 3 is 2.27 bits per heavy atom. The molecule has 0 unspecified atom stereocenters. The summed E-state index contributed by atoms with van der Waals surface area (Å²) in [5.41, 5.74) is 0.443. The van der Waals surface area contributed by atoms with E-state index in [0.29, 0.717) is 5.56 Å². The molecule has 2 aromatic carbocycles. The van der Waals surface area contributed by atoms with E-state index in [2.05, 4.69) is 10.1 Å². The van der Waals surface area contributed by atoms with E-state index in [1.807, 2.05) is 0 Å². The van der Waals surface area contributed by atoms with Gasteiger partial charge in [0.2, 0.25) is 0 Å². The lowest BCUT2D eigenvalue weighted by Gasteiger charge is -2.07. The number of para-hydroxylation sites is 1. The molecule has 22 heavy (non-hydrogen) atoms. The fraction of sp³-hybridized carbons (Fsp3) is 0.0667. The summed E-state index contributed by atoms with van der Waals surface area (Å²) in [4.78, 5) is 3.51. The summed E-state index contributed by atoms with van der Waals surface area (Å²) in [5, 5.41) is 4.11. The van der Waals surface area contributed by atoms with Crippen LogP contribution in [0.2, 0.25) is 5.02 Å². The lowest BCUT2D eigenvalue weighted by Crippen LogP contribution is -2.03. The normalized spacial score (nSPS) is 11.0. The molecule has 3 aromatic rings. The highest BCUT2D eigenvalue weighted by atomic mass is 35.5. The maximum atomic E-state index is 14.1. The Hall–Kier alpha value is -2.34. The zero-order valence-corrected chi connectivity index (χ0v) is 12.1.